The lowest BCUT2D eigenvalue weighted by atomic mass is 10.2. The molecule has 28 heavy (non-hydrogen) atoms. The Morgan fingerprint density at radius 1 is 1.21 bits per heavy atom. The van der Waals surface area contributed by atoms with Gasteiger partial charge in [0.05, 0.1) is 17.5 Å². The van der Waals surface area contributed by atoms with Crippen LogP contribution >= 0.6 is 0 Å². The van der Waals surface area contributed by atoms with Crippen molar-refractivity contribution >= 4 is 15.9 Å². The van der Waals surface area contributed by atoms with E-state index in [1.54, 1.807) is 17.0 Å². The average molecular weight is 412 g/mol. The van der Waals surface area contributed by atoms with Crippen LogP contribution in [0.1, 0.15) is 32.8 Å². The van der Waals surface area contributed by atoms with E-state index in [4.69, 9.17) is 4.74 Å². The summed E-state index contributed by atoms with van der Waals surface area (Å²) in [6.07, 6.45) is 1.48. The zero-order chi connectivity index (χ0) is 20.6. The van der Waals surface area contributed by atoms with Gasteiger partial charge in [-0.1, -0.05) is 19.1 Å². The summed E-state index contributed by atoms with van der Waals surface area (Å²) < 4.78 is 33.2. The van der Waals surface area contributed by atoms with E-state index in [9.17, 15) is 13.2 Å². The van der Waals surface area contributed by atoms with E-state index in [0.717, 1.165) is 25.1 Å². The van der Waals surface area contributed by atoms with E-state index in [2.05, 4.69) is 5.32 Å². The van der Waals surface area contributed by atoms with Crippen LogP contribution in [0.15, 0.2) is 29.2 Å². The highest BCUT2D eigenvalue weighted by Gasteiger charge is 2.28. The summed E-state index contributed by atoms with van der Waals surface area (Å²) in [7, 11) is -3.75. The van der Waals surface area contributed by atoms with Gasteiger partial charge >= 0.3 is 0 Å². The van der Waals surface area contributed by atoms with Crippen molar-refractivity contribution < 1.29 is 17.9 Å². The number of carbonyl (C=O) groups excluding carboxylic acids is 1. The fraction of sp³-hybridized carbons (Fsp3) is 0.650. The van der Waals surface area contributed by atoms with Crippen molar-refractivity contribution in [3.8, 4) is 0 Å². The minimum absolute atomic E-state index is 0.0918. The molecule has 0 saturated carbocycles. The number of nitrogens with one attached hydrogen (secondary N) is 1. The largest absolute Gasteiger partial charge is 0.379 e. The molecule has 1 heterocycles. The molecule has 7 nitrogen and oxygen atoms in total. The third-order valence-corrected chi connectivity index (χ3v) is 6.61. The van der Waals surface area contributed by atoms with Gasteiger partial charge in [0.25, 0.3) is 0 Å². The lowest BCUT2D eigenvalue weighted by Crippen LogP contribution is -2.50. The van der Waals surface area contributed by atoms with Gasteiger partial charge < -0.3 is 15.0 Å². The summed E-state index contributed by atoms with van der Waals surface area (Å²) in [5.74, 6) is -0.153. The van der Waals surface area contributed by atoms with Crippen LogP contribution in [0.2, 0.25) is 0 Å². The van der Waals surface area contributed by atoms with Gasteiger partial charge in [0.1, 0.15) is 0 Å². The Labute approximate surface area is 169 Å². The van der Waals surface area contributed by atoms with E-state index in [-0.39, 0.29) is 30.0 Å². The Morgan fingerprint density at radius 3 is 2.43 bits per heavy atom. The molecule has 0 unspecified atom stereocenters. The molecule has 0 atom stereocenters. The lowest BCUT2D eigenvalue weighted by molar-refractivity contribution is -0.132. The fourth-order valence-corrected chi connectivity index (χ4v) is 4.48. The number of aryl methyl sites for hydroxylation is 1. The van der Waals surface area contributed by atoms with Gasteiger partial charge in [0, 0.05) is 39.3 Å². The van der Waals surface area contributed by atoms with E-state index in [1.807, 2.05) is 32.9 Å². The second kappa shape index (κ2) is 10.9. The Hall–Kier alpha value is -1.48. The molecule has 1 amide bonds. The SMILES string of the molecule is CCc1ccc(S(=O)(=O)N(CCCOC(C)C)CC(=O)N2CCNCC2)cc1. The first-order valence-corrected chi connectivity index (χ1v) is 11.5. The highest BCUT2D eigenvalue weighted by atomic mass is 32.2. The monoisotopic (exact) mass is 411 g/mol. The molecule has 8 heteroatoms. The zero-order valence-corrected chi connectivity index (χ0v) is 18.0. The topological polar surface area (TPSA) is 79.0 Å². The van der Waals surface area contributed by atoms with E-state index < -0.39 is 10.0 Å². The molecule has 1 fully saturated rings. The van der Waals surface area contributed by atoms with Gasteiger partial charge in [-0.3, -0.25) is 4.79 Å². The first kappa shape index (κ1) is 22.8. The molecule has 1 aliphatic heterocycles. The number of ether oxygens (including phenoxy) is 1. The summed E-state index contributed by atoms with van der Waals surface area (Å²) in [4.78, 5) is 14.6. The maximum Gasteiger partial charge on any atom is 0.243 e. The zero-order valence-electron chi connectivity index (χ0n) is 17.2. The maximum absolute atomic E-state index is 13.2. The normalized spacial score (nSPS) is 15.4. The molecule has 1 N–H and O–H groups in total. The van der Waals surface area contributed by atoms with Gasteiger partial charge in [-0.15, -0.1) is 0 Å². The van der Waals surface area contributed by atoms with Gasteiger partial charge in [-0.2, -0.15) is 4.31 Å². The van der Waals surface area contributed by atoms with Crippen LogP contribution in [0.3, 0.4) is 0 Å². The van der Waals surface area contributed by atoms with Crippen molar-refractivity contribution in [1.29, 1.82) is 0 Å². The Balaban J connectivity index is 2.13. The van der Waals surface area contributed by atoms with Crippen molar-refractivity contribution in [2.75, 3.05) is 45.9 Å². The third kappa shape index (κ3) is 6.55. The maximum atomic E-state index is 13.2. The molecule has 0 aromatic heterocycles. The summed E-state index contributed by atoms with van der Waals surface area (Å²) in [6.45, 7) is 9.16. The van der Waals surface area contributed by atoms with Gasteiger partial charge in [0.15, 0.2) is 0 Å². The lowest BCUT2D eigenvalue weighted by Gasteiger charge is -2.30. The molecule has 1 aromatic rings. The Bertz CT molecular complexity index is 713. The van der Waals surface area contributed by atoms with Crippen molar-refractivity contribution in [2.24, 2.45) is 0 Å². The average Bonchev–Trinajstić information content (AvgIpc) is 2.70. The highest BCUT2D eigenvalue weighted by Crippen LogP contribution is 2.18. The summed E-state index contributed by atoms with van der Waals surface area (Å²) in [5.41, 5.74) is 1.08. The molecule has 0 aliphatic carbocycles. The number of hydrogen-bond acceptors (Lipinski definition) is 5. The van der Waals surface area contributed by atoms with Crippen molar-refractivity contribution in [1.82, 2.24) is 14.5 Å². The molecule has 1 aliphatic rings. The Kier molecular flexibility index (Phi) is 8.88. The van der Waals surface area contributed by atoms with Crippen molar-refractivity contribution in [3.63, 3.8) is 0 Å². The van der Waals surface area contributed by atoms with Crippen LogP contribution in [0, 0.1) is 0 Å². The number of amides is 1. The quantitative estimate of drug-likeness (QED) is 0.590. The second-order valence-electron chi connectivity index (χ2n) is 7.24. The summed E-state index contributed by atoms with van der Waals surface area (Å²) in [5, 5.41) is 3.20. The third-order valence-electron chi connectivity index (χ3n) is 4.75. The van der Waals surface area contributed by atoms with Crippen LogP contribution in [0.4, 0.5) is 0 Å². The van der Waals surface area contributed by atoms with Crippen LogP contribution in [-0.4, -0.2) is 75.5 Å². The number of benzene rings is 1. The minimum Gasteiger partial charge on any atom is -0.379 e. The molecule has 0 radical (unpaired) electrons. The molecular formula is C20H33N3O4S. The van der Waals surface area contributed by atoms with Gasteiger partial charge in [-0.05, 0) is 44.4 Å². The predicted octanol–water partition coefficient (Wildman–Crippen LogP) is 1.49. The first-order chi connectivity index (χ1) is 13.3. The highest BCUT2D eigenvalue weighted by molar-refractivity contribution is 7.89. The van der Waals surface area contributed by atoms with Crippen LogP contribution in [-0.2, 0) is 26.0 Å². The first-order valence-electron chi connectivity index (χ1n) is 10.0. The van der Waals surface area contributed by atoms with Crippen molar-refractivity contribution in [2.45, 2.75) is 44.6 Å². The van der Waals surface area contributed by atoms with E-state index >= 15 is 0 Å². The van der Waals surface area contributed by atoms with Gasteiger partial charge in [-0.25, -0.2) is 8.42 Å². The minimum atomic E-state index is -3.75. The number of nitrogens with zero attached hydrogens (tertiary/aromatic N) is 2. The smallest absolute Gasteiger partial charge is 0.243 e. The number of rotatable bonds is 10. The number of hydrogen-bond donors (Lipinski definition) is 1. The molecule has 0 spiro atoms. The fourth-order valence-electron chi connectivity index (χ4n) is 3.06. The van der Waals surface area contributed by atoms with Gasteiger partial charge in [0.2, 0.25) is 15.9 Å². The standard InChI is InChI=1S/C20H33N3O4S/c1-4-18-6-8-19(9-7-18)28(25,26)23(12-5-15-27-17(2)3)16-20(24)22-13-10-21-11-14-22/h6-9,17,21H,4-5,10-16H2,1-3H3. The van der Waals surface area contributed by atoms with Crippen LogP contribution in [0.25, 0.3) is 0 Å². The molecule has 158 valence electrons. The summed E-state index contributed by atoms with van der Waals surface area (Å²) in [6, 6.07) is 6.90. The van der Waals surface area contributed by atoms with E-state index in [0.29, 0.717) is 26.1 Å². The van der Waals surface area contributed by atoms with Crippen molar-refractivity contribution in [3.05, 3.63) is 29.8 Å². The number of sulfonamides is 1. The molecule has 2 rings (SSSR count). The number of piperazine rings is 1. The summed E-state index contributed by atoms with van der Waals surface area (Å²) >= 11 is 0. The van der Waals surface area contributed by atoms with Crippen LogP contribution < -0.4 is 5.32 Å². The second-order valence-corrected chi connectivity index (χ2v) is 9.18. The molecular weight excluding hydrogens is 378 g/mol. The Morgan fingerprint density at radius 2 is 1.86 bits per heavy atom. The molecule has 0 bridgehead atoms. The van der Waals surface area contributed by atoms with E-state index in [1.165, 1.54) is 4.31 Å². The predicted molar refractivity (Wildman–Crippen MR) is 110 cm³/mol. The van der Waals surface area contributed by atoms with Crippen LogP contribution in [0.5, 0.6) is 0 Å². The number of carbonyl (C=O) groups is 1. The molecule has 1 aromatic carbocycles. The molecule has 1 saturated heterocycles.